The van der Waals surface area contributed by atoms with E-state index in [1.54, 1.807) is 6.92 Å². The molecule has 2 nitrogen and oxygen atoms in total. The van der Waals surface area contributed by atoms with Crippen molar-refractivity contribution in [2.75, 3.05) is 0 Å². The van der Waals surface area contributed by atoms with E-state index in [4.69, 9.17) is 5.11 Å². The molecular weight excluding hydrogens is 164 g/mol. The molecule has 13 heavy (non-hydrogen) atoms. The quantitative estimate of drug-likeness (QED) is 0.487. The Labute approximate surface area is 80.7 Å². The van der Waals surface area contributed by atoms with Gasteiger partial charge in [0.05, 0.1) is 5.92 Å². The number of rotatable bonds is 7. The van der Waals surface area contributed by atoms with Crippen LogP contribution in [0, 0.1) is 5.92 Å². The molecule has 1 N–H and O–H groups in total. The molecular formula is C11H20O2. The molecule has 0 aliphatic heterocycles. The van der Waals surface area contributed by atoms with Crippen LogP contribution in [0.2, 0.25) is 0 Å². The Morgan fingerprint density at radius 2 is 2.08 bits per heavy atom. The maximum atomic E-state index is 10.5. The Kier molecular flexibility index (Phi) is 7.36. The van der Waals surface area contributed by atoms with Crippen LogP contribution in [0.4, 0.5) is 0 Å². The highest BCUT2D eigenvalue weighted by Crippen LogP contribution is 2.09. The van der Waals surface area contributed by atoms with Crippen molar-refractivity contribution in [3.05, 3.63) is 12.2 Å². The zero-order valence-corrected chi connectivity index (χ0v) is 8.62. The van der Waals surface area contributed by atoms with E-state index < -0.39 is 5.97 Å². The summed E-state index contributed by atoms with van der Waals surface area (Å²) < 4.78 is 0. The van der Waals surface area contributed by atoms with Crippen LogP contribution in [0.25, 0.3) is 0 Å². The van der Waals surface area contributed by atoms with Crippen LogP contribution in [0.5, 0.6) is 0 Å². The van der Waals surface area contributed by atoms with Gasteiger partial charge in [0.15, 0.2) is 0 Å². The average molecular weight is 184 g/mol. The number of aliphatic carboxylic acids is 1. The lowest BCUT2D eigenvalue weighted by atomic mass is 10.0. The largest absolute Gasteiger partial charge is 0.481 e. The van der Waals surface area contributed by atoms with Crippen LogP contribution in [0.1, 0.15) is 46.0 Å². The fourth-order valence-electron chi connectivity index (χ4n) is 1.12. The van der Waals surface area contributed by atoms with E-state index in [-0.39, 0.29) is 5.92 Å². The van der Waals surface area contributed by atoms with Crippen molar-refractivity contribution in [2.45, 2.75) is 46.0 Å². The highest BCUT2D eigenvalue weighted by molar-refractivity contribution is 5.69. The van der Waals surface area contributed by atoms with Gasteiger partial charge in [-0.3, -0.25) is 4.79 Å². The normalized spacial score (nSPS) is 13.4. The Hall–Kier alpha value is -0.790. The lowest BCUT2D eigenvalue weighted by Crippen LogP contribution is -2.08. The number of allylic oxidation sites excluding steroid dienone is 2. The molecule has 0 heterocycles. The van der Waals surface area contributed by atoms with Crippen molar-refractivity contribution in [1.82, 2.24) is 0 Å². The average Bonchev–Trinajstić information content (AvgIpc) is 2.10. The van der Waals surface area contributed by atoms with Crippen LogP contribution in [-0.4, -0.2) is 11.1 Å². The molecule has 0 saturated carbocycles. The molecule has 0 saturated heterocycles. The second-order valence-corrected chi connectivity index (χ2v) is 3.40. The first-order valence-electron chi connectivity index (χ1n) is 5.06. The molecule has 0 aromatic carbocycles. The molecule has 2 heteroatoms. The van der Waals surface area contributed by atoms with E-state index in [1.807, 2.05) is 0 Å². The number of hydrogen-bond donors (Lipinski definition) is 1. The summed E-state index contributed by atoms with van der Waals surface area (Å²) in [7, 11) is 0. The van der Waals surface area contributed by atoms with E-state index in [0.717, 1.165) is 32.1 Å². The summed E-state index contributed by atoms with van der Waals surface area (Å²) in [6.07, 6.45) is 9.42. The molecule has 76 valence electrons. The second-order valence-electron chi connectivity index (χ2n) is 3.40. The lowest BCUT2D eigenvalue weighted by Gasteiger charge is -2.03. The minimum atomic E-state index is -0.677. The molecule has 0 aliphatic rings. The number of hydrogen-bond acceptors (Lipinski definition) is 1. The number of unbranched alkanes of at least 4 members (excludes halogenated alkanes) is 2. The zero-order valence-electron chi connectivity index (χ0n) is 8.62. The van der Waals surface area contributed by atoms with Gasteiger partial charge in [0.25, 0.3) is 0 Å². The summed E-state index contributed by atoms with van der Waals surface area (Å²) in [5.74, 6) is -0.862. The molecule has 0 radical (unpaired) electrons. The van der Waals surface area contributed by atoms with E-state index in [1.165, 1.54) is 0 Å². The first-order valence-corrected chi connectivity index (χ1v) is 5.06. The highest BCUT2D eigenvalue weighted by Gasteiger charge is 2.08. The van der Waals surface area contributed by atoms with Crippen molar-refractivity contribution in [2.24, 2.45) is 5.92 Å². The third-order valence-electron chi connectivity index (χ3n) is 2.08. The number of carboxylic acid groups (broad SMARTS) is 1. The first-order chi connectivity index (χ1) is 6.18. The summed E-state index contributed by atoms with van der Waals surface area (Å²) in [5, 5.41) is 8.61. The van der Waals surface area contributed by atoms with Crippen molar-refractivity contribution >= 4 is 5.97 Å². The monoisotopic (exact) mass is 184 g/mol. The van der Waals surface area contributed by atoms with E-state index in [9.17, 15) is 4.79 Å². The van der Waals surface area contributed by atoms with E-state index >= 15 is 0 Å². The predicted molar refractivity (Wildman–Crippen MR) is 54.7 cm³/mol. The van der Waals surface area contributed by atoms with Gasteiger partial charge in [-0.05, 0) is 25.7 Å². The highest BCUT2D eigenvalue weighted by atomic mass is 16.4. The fraction of sp³-hybridized carbons (Fsp3) is 0.727. The summed E-state index contributed by atoms with van der Waals surface area (Å²) in [4.78, 5) is 10.5. The number of carboxylic acids is 1. The van der Waals surface area contributed by atoms with Gasteiger partial charge in [-0.1, -0.05) is 32.4 Å². The molecule has 1 atom stereocenters. The Morgan fingerprint density at radius 3 is 2.62 bits per heavy atom. The van der Waals surface area contributed by atoms with Crippen molar-refractivity contribution in [3.63, 3.8) is 0 Å². The van der Waals surface area contributed by atoms with Crippen LogP contribution in [-0.2, 0) is 4.79 Å². The van der Waals surface area contributed by atoms with Crippen LogP contribution >= 0.6 is 0 Å². The molecule has 0 aliphatic carbocycles. The molecule has 0 aromatic rings. The summed E-state index contributed by atoms with van der Waals surface area (Å²) in [6, 6.07) is 0. The molecule has 0 fully saturated rings. The Morgan fingerprint density at radius 1 is 1.38 bits per heavy atom. The van der Waals surface area contributed by atoms with Crippen molar-refractivity contribution in [1.29, 1.82) is 0 Å². The van der Waals surface area contributed by atoms with Crippen LogP contribution in [0.15, 0.2) is 12.2 Å². The van der Waals surface area contributed by atoms with Gasteiger partial charge in [0.2, 0.25) is 0 Å². The first kappa shape index (κ1) is 12.2. The lowest BCUT2D eigenvalue weighted by molar-refractivity contribution is -0.141. The molecule has 0 rings (SSSR count). The van der Waals surface area contributed by atoms with Gasteiger partial charge in [-0.2, -0.15) is 0 Å². The summed E-state index contributed by atoms with van der Waals surface area (Å²) >= 11 is 0. The van der Waals surface area contributed by atoms with Crippen LogP contribution in [0.3, 0.4) is 0 Å². The molecule has 0 bridgehead atoms. The maximum absolute atomic E-state index is 10.5. The molecule has 0 spiro atoms. The zero-order chi connectivity index (χ0) is 10.1. The Balaban J connectivity index is 3.25. The summed E-state index contributed by atoms with van der Waals surface area (Å²) in [5.41, 5.74) is 0. The third-order valence-corrected chi connectivity index (χ3v) is 2.08. The minimum Gasteiger partial charge on any atom is -0.481 e. The molecule has 0 amide bonds. The topological polar surface area (TPSA) is 37.3 Å². The van der Waals surface area contributed by atoms with Gasteiger partial charge in [-0.15, -0.1) is 0 Å². The van der Waals surface area contributed by atoms with Crippen molar-refractivity contribution < 1.29 is 9.90 Å². The number of carbonyl (C=O) groups is 1. The van der Waals surface area contributed by atoms with Gasteiger partial charge < -0.3 is 5.11 Å². The second kappa shape index (κ2) is 7.84. The van der Waals surface area contributed by atoms with Gasteiger partial charge in [-0.25, -0.2) is 0 Å². The molecule has 0 aromatic heterocycles. The smallest absolute Gasteiger partial charge is 0.306 e. The van der Waals surface area contributed by atoms with E-state index in [2.05, 4.69) is 19.1 Å². The minimum absolute atomic E-state index is 0.185. The fourth-order valence-corrected chi connectivity index (χ4v) is 1.12. The predicted octanol–water partition coefficient (Wildman–Crippen LogP) is 3.23. The van der Waals surface area contributed by atoms with Gasteiger partial charge in [0, 0.05) is 0 Å². The molecule has 1 unspecified atom stereocenters. The Bertz CT molecular complexity index is 161. The maximum Gasteiger partial charge on any atom is 0.306 e. The third kappa shape index (κ3) is 7.57. The van der Waals surface area contributed by atoms with Gasteiger partial charge >= 0.3 is 5.97 Å². The van der Waals surface area contributed by atoms with Crippen molar-refractivity contribution in [3.8, 4) is 0 Å². The van der Waals surface area contributed by atoms with Gasteiger partial charge in [0.1, 0.15) is 0 Å². The van der Waals surface area contributed by atoms with E-state index in [0.29, 0.717) is 0 Å². The standard InChI is InChI=1S/C11H20O2/c1-3-4-5-6-7-8-9-10(2)11(12)13/h4-5,10H,3,6-9H2,1-2H3,(H,12,13)/b5-4+. The summed E-state index contributed by atoms with van der Waals surface area (Å²) in [6.45, 7) is 3.88. The SMILES string of the molecule is CC/C=C/CCCCC(C)C(=O)O. The van der Waals surface area contributed by atoms with Crippen LogP contribution < -0.4 is 0 Å².